The number of carbonyl (C=O) groups is 3. The van der Waals surface area contributed by atoms with E-state index in [1.807, 2.05) is 19.1 Å². The Labute approximate surface area is 184 Å². The van der Waals surface area contributed by atoms with Crippen molar-refractivity contribution < 1.29 is 38.2 Å². The van der Waals surface area contributed by atoms with Gasteiger partial charge in [0.15, 0.2) is 18.1 Å². The van der Waals surface area contributed by atoms with Gasteiger partial charge >= 0.3 is 17.9 Å². The molecule has 168 valence electrons. The van der Waals surface area contributed by atoms with Gasteiger partial charge in [-0.25, -0.2) is 19.9 Å². The summed E-state index contributed by atoms with van der Waals surface area (Å²) in [7, 11) is 1.42. The molecule has 0 spiro atoms. The molecule has 0 bridgehead atoms. The zero-order valence-electron chi connectivity index (χ0n) is 18.1. The SMILES string of the molecule is COc1cc(C=C2C(=O)OC(C)(C)OC2=O)ccc1OCC(=O)ONc1ccc(C)cc1. The summed E-state index contributed by atoms with van der Waals surface area (Å²) in [5.41, 5.74) is 4.49. The molecule has 32 heavy (non-hydrogen) atoms. The van der Waals surface area contributed by atoms with Crippen molar-refractivity contribution in [2.45, 2.75) is 26.6 Å². The minimum Gasteiger partial charge on any atom is -0.493 e. The minimum absolute atomic E-state index is 0.245. The van der Waals surface area contributed by atoms with Crippen molar-refractivity contribution >= 4 is 29.7 Å². The molecule has 0 radical (unpaired) electrons. The van der Waals surface area contributed by atoms with Crippen LogP contribution in [-0.4, -0.2) is 37.4 Å². The molecule has 0 aliphatic carbocycles. The van der Waals surface area contributed by atoms with Crippen molar-refractivity contribution in [1.82, 2.24) is 0 Å². The van der Waals surface area contributed by atoms with Crippen LogP contribution in [0.15, 0.2) is 48.0 Å². The molecule has 9 nitrogen and oxygen atoms in total. The summed E-state index contributed by atoms with van der Waals surface area (Å²) in [6.07, 6.45) is 1.33. The van der Waals surface area contributed by atoms with E-state index in [4.69, 9.17) is 23.8 Å². The first-order valence-electron chi connectivity index (χ1n) is 9.68. The molecule has 2 aromatic rings. The molecule has 1 heterocycles. The maximum atomic E-state index is 12.1. The van der Waals surface area contributed by atoms with Gasteiger partial charge in [-0.3, -0.25) is 0 Å². The molecule has 1 saturated heterocycles. The number of methoxy groups -OCH3 is 1. The normalized spacial score (nSPS) is 14.7. The number of nitrogens with one attached hydrogen (secondary N) is 1. The summed E-state index contributed by atoms with van der Waals surface area (Å²) < 4.78 is 20.9. The predicted molar refractivity (Wildman–Crippen MR) is 114 cm³/mol. The first kappa shape index (κ1) is 22.7. The van der Waals surface area contributed by atoms with Crippen LogP contribution in [0.5, 0.6) is 11.5 Å². The molecule has 2 aromatic carbocycles. The Bertz CT molecular complexity index is 1030. The van der Waals surface area contributed by atoms with Crippen LogP contribution >= 0.6 is 0 Å². The molecule has 0 unspecified atom stereocenters. The van der Waals surface area contributed by atoms with Crippen molar-refractivity contribution in [3.63, 3.8) is 0 Å². The van der Waals surface area contributed by atoms with E-state index >= 15 is 0 Å². The van der Waals surface area contributed by atoms with E-state index in [1.54, 1.807) is 24.3 Å². The monoisotopic (exact) mass is 441 g/mol. The van der Waals surface area contributed by atoms with Crippen LogP contribution in [0, 0.1) is 6.92 Å². The molecular weight excluding hydrogens is 418 g/mol. The summed E-state index contributed by atoms with van der Waals surface area (Å²) >= 11 is 0. The molecule has 0 amide bonds. The van der Waals surface area contributed by atoms with E-state index in [1.165, 1.54) is 33.1 Å². The number of hydrogen-bond acceptors (Lipinski definition) is 9. The van der Waals surface area contributed by atoms with Crippen LogP contribution in [0.3, 0.4) is 0 Å². The van der Waals surface area contributed by atoms with Gasteiger partial charge in [0, 0.05) is 13.8 Å². The van der Waals surface area contributed by atoms with Gasteiger partial charge in [-0.2, -0.15) is 0 Å². The lowest BCUT2D eigenvalue weighted by molar-refractivity contribution is -0.222. The molecule has 1 aliphatic rings. The van der Waals surface area contributed by atoms with Crippen molar-refractivity contribution in [2.75, 3.05) is 19.2 Å². The van der Waals surface area contributed by atoms with E-state index in [-0.39, 0.29) is 23.7 Å². The summed E-state index contributed by atoms with van der Waals surface area (Å²) in [5, 5.41) is 0. The van der Waals surface area contributed by atoms with Gasteiger partial charge in [0.05, 0.1) is 12.8 Å². The average molecular weight is 441 g/mol. The molecule has 1 fully saturated rings. The topological polar surface area (TPSA) is 109 Å². The van der Waals surface area contributed by atoms with Gasteiger partial charge in [-0.1, -0.05) is 23.8 Å². The lowest BCUT2D eigenvalue weighted by Gasteiger charge is -2.29. The van der Waals surface area contributed by atoms with Crippen molar-refractivity contribution in [3.05, 3.63) is 59.2 Å². The van der Waals surface area contributed by atoms with Gasteiger partial charge in [0.25, 0.3) is 5.79 Å². The predicted octanol–water partition coefficient (Wildman–Crippen LogP) is 3.17. The number of anilines is 1. The number of benzene rings is 2. The van der Waals surface area contributed by atoms with Crippen LogP contribution in [0.2, 0.25) is 0 Å². The van der Waals surface area contributed by atoms with E-state index in [2.05, 4.69) is 5.48 Å². The molecule has 0 atom stereocenters. The third-order valence-corrected chi connectivity index (χ3v) is 4.30. The highest BCUT2D eigenvalue weighted by atomic mass is 16.7. The summed E-state index contributed by atoms with van der Waals surface area (Å²) in [6.45, 7) is 4.52. The molecule has 1 aliphatic heterocycles. The second-order valence-electron chi connectivity index (χ2n) is 7.38. The highest BCUT2D eigenvalue weighted by molar-refractivity contribution is 6.18. The zero-order chi connectivity index (χ0) is 23.3. The first-order chi connectivity index (χ1) is 15.2. The second kappa shape index (κ2) is 9.42. The van der Waals surface area contributed by atoms with Crippen LogP contribution in [0.4, 0.5) is 5.69 Å². The Kier molecular flexibility index (Phi) is 6.67. The third kappa shape index (κ3) is 5.78. The number of esters is 2. The number of cyclic esters (lactones) is 2. The lowest BCUT2D eigenvalue weighted by Crippen LogP contribution is -2.41. The molecule has 0 aromatic heterocycles. The van der Waals surface area contributed by atoms with Crippen molar-refractivity contribution in [2.24, 2.45) is 0 Å². The molecular formula is C23H23NO8. The quantitative estimate of drug-likeness (QED) is 0.300. The third-order valence-electron chi connectivity index (χ3n) is 4.30. The average Bonchev–Trinajstić information content (AvgIpc) is 2.74. The van der Waals surface area contributed by atoms with E-state index in [9.17, 15) is 14.4 Å². The number of carbonyl (C=O) groups excluding carboxylic acids is 3. The van der Waals surface area contributed by atoms with E-state index in [0.29, 0.717) is 11.3 Å². The molecule has 3 rings (SSSR count). The van der Waals surface area contributed by atoms with Gasteiger partial charge < -0.3 is 23.8 Å². The molecule has 1 N–H and O–H groups in total. The summed E-state index contributed by atoms with van der Waals surface area (Å²) in [5.74, 6) is -2.96. The van der Waals surface area contributed by atoms with Crippen LogP contribution < -0.4 is 15.0 Å². The number of rotatable bonds is 7. The van der Waals surface area contributed by atoms with Crippen LogP contribution in [0.25, 0.3) is 6.08 Å². The summed E-state index contributed by atoms with van der Waals surface area (Å²) in [6, 6.07) is 12.0. The number of ether oxygens (including phenoxy) is 4. The summed E-state index contributed by atoms with van der Waals surface area (Å²) in [4.78, 5) is 41.1. The van der Waals surface area contributed by atoms with Gasteiger partial charge in [-0.05, 0) is 42.8 Å². The highest BCUT2D eigenvalue weighted by Crippen LogP contribution is 2.30. The van der Waals surface area contributed by atoms with E-state index in [0.717, 1.165) is 5.56 Å². The minimum atomic E-state index is -1.32. The van der Waals surface area contributed by atoms with Crippen molar-refractivity contribution in [1.29, 1.82) is 0 Å². The Hall–Kier alpha value is -4.01. The smallest absolute Gasteiger partial charge is 0.369 e. The van der Waals surface area contributed by atoms with Gasteiger partial charge in [0.1, 0.15) is 5.57 Å². The maximum Gasteiger partial charge on any atom is 0.369 e. The first-order valence-corrected chi connectivity index (χ1v) is 9.68. The second-order valence-corrected chi connectivity index (χ2v) is 7.38. The Morgan fingerprint density at radius 2 is 1.69 bits per heavy atom. The fraction of sp³-hybridized carbons (Fsp3) is 0.261. The van der Waals surface area contributed by atoms with E-state index < -0.39 is 23.7 Å². The van der Waals surface area contributed by atoms with Crippen LogP contribution in [0.1, 0.15) is 25.0 Å². The largest absolute Gasteiger partial charge is 0.493 e. The van der Waals surface area contributed by atoms with Gasteiger partial charge in [-0.15, -0.1) is 0 Å². The molecule has 0 saturated carbocycles. The number of aryl methyl sites for hydroxylation is 1. The molecule has 9 heteroatoms. The Balaban J connectivity index is 1.62. The van der Waals surface area contributed by atoms with Crippen LogP contribution in [-0.2, 0) is 28.7 Å². The maximum absolute atomic E-state index is 12.1. The standard InChI is InChI=1S/C23H23NO8/c1-14-5-8-16(9-6-14)24-32-20(25)13-29-18-10-7-15(12-19(18)28-4)11-17-21(26)30-23(2,3)31-22(17)27/h5-12,24H,13H2,1-4H3. The lowest BCUT2D eigenvalue weighted by atomic mass is 10.1. The Morgan fingerprint density at radius 3 is 2.31 bits per heavy atom. The highest BCUT2D eigenvalue weighted by Gasteiger charge is 2.38. The fourth-order valence-electron chi connectivity index (χ4n) is 2.74. The number of hydrogen-bond donors (Lipinski definition) is 1. The van der Waals surface area contributed by atoms with Gasteiger partial charge in [0.2, 0.25) is 0 Å². The zero-order valence-corrected chi connectivity index (χ0v) is 18.1. The fourth-order valence-corrected chi connectivity index (χ4v) is 2.74. The Morgan fingerprint density at radius 1 is 1.03 bits per heavy atom. The van der Waals surface area contributed by atoms with Crippen molar-refractivity contribution in [3.8, 4) is 11.5 Å².